The summed E-state index contributed by atoms with van der Waals surface area (Å²) >= 11 is 6.19. The second kappa shape index (κ2) is 8.53. The highest BCUT2D eigenvalue weighted by Gasteiger charge is 2.47. The SMILES string of the molecule is COc1ccc(/C(O)=C2/C(=O)C(=O)N(c3ccc(C#N)cc3)C2c2ccccn2)cc1Cl. The molecule has 3 aromatic rings. The minimum Gasteiger partial charge on any atom is -0.507 e. The first-order valence-electron chi connectivity index (χ1n) is 9.52. The van der Waals surface area contributed by atoms with Gasteiger partial charge in [0.2, 0.25) is 0 Å². The normalized spacial score (nSPS) is 17.3. The standard InChI is InChI=1S/C24H16ClN3O4/c1-32-19-10-7-15(12-17(19)25)22(29)20-21(18-4-2-3-11-27-18)28(24(31)23(20)30)16-8-5-14(13-26)6-9-16/h2-12,21,29H,1H3/b22-20-. The molecule has 0 spiro atoms. The largest absolute Gasteiger partial charge is 0.507 e. The average molecular weight is 446 g/mol. The number of methoxy groups -OCH3 is 1. The molecule has 1 fully saturated rings. The van der Waals surface area contributed by atoms with Crippen LogP contribution in [-0.4, -0.2) is 28.9 Å². The van der Waals surface area contributed by atoms with E-state index in [0.29, 0.717) is 22.7 Å². The molecule has 8 heteroatoms. The van der Waals surface area contributed by atoms with E-state index in [-0.39, 0.29) is 21.9 Å². The smallest absolute Gasteiger partial charge is 0.300 e. The van der Waals surface area contributed by atoms with Gasteiger partial charge in [-0.2, -0.15) is 5.26 Å². The van der Waals surface area contributed by atoms with E-state index in [1.165, 1.54) is 18.1 Å². The van der Waals surface area contributed by atoms with Crippen molar-refractivity contribution < 1.29 is 19.4 Å². The molecule has 4 rings (SSSR count). The van der Waals surface area contributed by atoms with E-state index in [1.807, 2.05) is 6.07 Å². The summed E-state index contributed by atoms with van der Waals surface area (Å²) in [7, 11) is 1.46. The number of hydrogen-bond acceptors (Lipinski definition) is 6. The molecule has 1 N–H and O–H groups in total. The number of halogens is 1. The van der Waals surface area contributed by atoms with Crippen LogP contribution in [0, 0.1) is 11.3 Å². The van der Waals surface area contributed by atoms with Crippen LogP contribution < -0.4 is 9.64 Å². The molecule has 2 heterocycles. The van der Waals surface area contributed by atoms with E-state index in [0.717, 1.165) is 0 Å². The van der Waals surface area contributed by atoms with Gasteiger partial charge in [-0.05, 0) is 54.6 Å². The molecule has 32 heavy (non-hydrogen) atoms. The predicted octanol–water partition coefficient (Wildman–Crippen LogP) is 4.24. The highest BCUT2D eigenvalue weighted by atomic mass is 35.5. The summed E-state index contributed by atoms with van der Waals surface area (Å²) in [5.41, 5.74) is 1.35. The quantitative estimate of drug-likeness (QED) is 0.366. The number of nitriles is 1. The lowest BCUT2D eigenvalue weighted by Crippen LogP contribution is -2.29. The Balaban J connectivity index is 1.91. The van der Waals surface area contributed by atoms with Crippen LogP contribution >= 0.6 is 11.6 Å². The highest BCUT2D eigenvalue weighted by Crippen LogP contribution is 2.42. The van der Waals surface area contributed by atoms with Gasteiger partial charge in [0, 0.05) is 17.4 Å². The number of ether oxygens (including phenoxy) is 1. The first-order chi connectivity index (χ1) is 15.5. The summed E-state index contributed by atoms with van der Waals surface area (Å²) in [6.45, 7) is 0. The molecule has 2 aromatic carbocycles. The fraction of sp³-hybridized carbons (Fsp3) is 0.0833. The fourth-order valence-corrected chi connectivity index (χ4v) is 3.84. The Kier molecular flexibility index (Phi) is 5.63. The van der Waals surface area contributed by atoms with Crippen molar-refractivity contribution in [2.24, 2.45) is 0 Å². The molecule has 1 aromatic heterocycles. The van der Waals surface area contributed by atoms with Gasteiger partial charge >= 0.3 is 0 Å². The van der Waals surface area contributed by atoms with Gasteiger partial charge in [0.1, 0.15) is 17.6 Å². The molecule has 0 saturated carbocycles. The van der Waals surface area contributed by atoms with E-state index in [4.69, 9.17) is 21.6 Å². The number of Topliss-reactive ketones (excluding diaryl/α,β-unsaturated/α-hetero) is 1. The Morgan fingerprint density at radius 3 is 2.50 bits per heavy atom. The summed E-state index contributed by atoms with van der Waals surface area (Å²) < 4.78 is 5.14. The predicted molar refractivity (Wildman–Crippen MR) is 118 cm³/mol. The van der Waals surface area contributed by atoms with E-state index in [9.17, 15) is 14.7 Å². The first kappa shape index (κ1) is 21.1. The Bertz CT molecular complexity index is 1280. The second-order valence-electron chi connectivity index (χ2n) is 6.93. The number of benzene rings is 2. The van der Waals surface area contributed by atoms with Crippen LogP contribution in [-0.2, 0) is 9.59 Å². The van der Waals surface area contributed by atoms with Gasteiger partial charge in [-0.15, -0.1) is 0 Å². The van der Waals surface area contributed by atoms with Gasteiger partial charge in [-0.1, -0.05) is 17.7 Å². The minimum atomic E-state index is -0.968. The maximum absolute atomic E-state index is 13.1. The molecule has 1 aliphatic heterocycles. The first-order valence-corrected chi connectivity index (χ1v) is 9.90. The molecule has 1 amide bonds. The van der Waals surface area contributed by atoms with Crippen LogP contribution in [0.5, 0.6) is 5.75 Å². The van der Waals surface area contributed by atoms with Crippen molar-refractivity contribution in [3.8, 4) is 11.8 Å². The van der Waals surface area contributed by atoms with Gasteiger partial charge in [0.25, 0.3) is 11.7 Å². The average Bonchev–Trinajstić information content (AvgIpc) is 3.09. The van der Waals surface area contributed by atoms with Gasteiger partial charge in [0.05, 0.1) is 35.0 Å². The fourth-order valence-electron chi connectivity index (χ4n) is 3.58. The monoisotopic (exact) mass is 445 g/mol. The van der Waals surface area contributed by atoms with Crippen molar-refractivity contribution in [2.75, 3.05) is 12.0 Å². The summed E-state index contributed by atoms with van der Waals surface area (Å²) in [6, 6.07) is 17.0. The lowest BCUT2D eigenvalue weighted by molar-refractivity contribution is -0.132. The number of aromatic nitrogens is 1. The number of nitrogens with zero attached hydrogens (tertiary/aromatic N) is 3. The van der Waals surface area contributed by atoms with Crippen LogP contribution in [0.1, 0.15) is 22.9 Å². The van der Waals surface area contributed by atoms with Crippen LogP contribution in [0.25, 0.3) is 5.76 Å². The summed E-state index contributed by atoms with van der Waals surface area (Å²) in [4.78, 5) is 31.7. The number of rotatable bonds is 4. The number of amides is 1. The summed E-state index contributed by atoms with van der Waals surface area (Å²) in [5, 5.41) is 20.4. The van der Waals surface area contributed by atoms with E-state index in [1.54, 1.807) is 60.8 Å². The zero-order chi connectivity index (χ0) is 22.8. The second-order valence-corrected chi connectivity index (χ2v) is 7.34. The molecular formula is C24H16ClN3O4. The van der Waals surface area contributed by atoms with Gasteiger partial charge in [0.15, 0.2) is 0 Å². The minimum absolute atomic E-state index is 0.112. The molecule has 0 radical (unpaired) electrons. The van der Waals surface area contributed by atoms with Crippen molar-refractivity contribution in [3.05, 3.63) is 94.3 Å². The van der Waals surface area contributed by atoms with Crippen molar-refractivity contribution in [1.29, 1.82) is 5.26 Å². The van der Waals surface area contributed by atoms with Crippen LogP contribution in [0.15, 0.2) is 72.4 Å². The van der Waals surface area contributed by atoms with Crippen molar-refractivity contribution in [3.63, 3.8) is 0 Å². The topological polar surface area (TPSA) is 104 Å². The molecule has 7 nitrogen and oxygen atoms in total. The number of carbonyl (C=O) groups is 2. The molecule has 1 unspecified atom stereocenters. The number of carbonyl (C=O) groups excluding carboxylic acids is 2. The number of aliphatic hydroxyl groups excluding tert-OH is 1. The van der Waals surface area contributed by atoms with Crippen LogP contribution in [0.4, 0.5) is 5.69 Å². The van der Waals surface area contributed by atoms with Gasteiger partial charge < -0.3 is 9.84 Å². The molecule has 0 bridgehead atoms. The zero-order valence-corrected chi connectivity index (χ0v) is 17.6. The molecule has 1 saturated heterocycles. The van der Waals surface area contributed by atoms with Gasteiger partial charge in [-0.3, -0.25) is 19.5 Å². The number of ketones is 1. The molecule has 1 atom stereocenters. The Hall–Kier alpha value is -4.15. The van der Waals surface area contributed by atoms with E-state index >= 15 is 0 Å². The van der Waals surface area contributed by atoms with Crippen molar-refractivity contribution in [2.45, 2.75) is 6.04 Å². The van der Waals surface area contributed by atoms with E-state index < -0.39 is 17.7 Å². The third-order valence-corrected chi connectivity index (χ3v) is 5.41. The molecule has 158 valence electrons. The van der Waals surface area contributed by atoms with Crippen LogP contribution in [0.2, 0.25) is 5.02 Å². The number of aliphatic hydroxyl groups is 1. The zero-order valence-electron chi connectivity index (χ0n) is 16.8. The number of anilines is 1. The van der Waals surface area contributed by atoms with Crippen molar-refractivity contribution in [1.82, 2.24) is 4.98 Å². The number of hydrogen-bond donors (Lipinski definition) is 1. The third kappa shape index (κ3) is 3.57. The maximum atomic E-state index is 13.1. The Morgan fingerprint density at radius 2 is 1.91 bits per heavy atom. The van der Waals surface area contributed by atoms with Crippen molar-refractivity contribution >= 4 is 34.7 Å². The Morgan fingerprint density at radius 1 is 1.16 bits per heavy atom. The van der Waals surface area contributed by atoms with Gasteiger partial charge in [-0.25, -0.2) is 0 Å². The maximum Gasteiger partial charge on any atom is 0.300 e. The summed E-state index contributed by atoms with van der Waals surface area (Å²) in [5.74, 6) is -1.64. The summed E-state index contributed by atoms with van der Waals surface area (Å²) in [6.07, 6.45) is 1.54. The van der Waals surface area contributed by atoms with Crippen LogP contribution in [0.3, 0.4) is 0 Å². The molecule has 1 aliphatic rings. The van der Waals surface area contributed by atoms with E-state index in [2.05, 4.69) is 4.98 Å². The number of pyridine rings is 1. The lowest BCUT2D eigenvalue weighted by atomic mass is 9.98. The molecule has 0 aliphatic carbocycles. The Labute approximate surface area is 188 Å². The third-order valence-electron chi connectivity index (χ3n) is 5.11. The molecular weight excluding hydrogens is 430 g/mol. The highest BCUT2D eigenvalue weighted by molar-refractivity contribution is 6.51. The lowest BCUT2D eigenvalue weighted by Gasteiger charge is -2.24.